The number of carbonyl (C=O) groups excluding carboxylic acids is 1. The fourth-order valence-electron chi connectivity index (χ4n) is 1.39. The third kappa shape index (κ3) is 5.23. The molecule has 1 rings (SSSR count). The molecule has 0 aliphatic rings. The van der Waals surface area contributed by atoms with Crippen molar-refractivity contribution in [2.45, 2.75) is 13.0 Å². The van der Waals surface area contributed by atoms with Gasteiger partial charge < -0.3 is 15.2 Å². The zero-order valence-corrected chi connectivity index (χ0v) is 11.7. The molecular weight excluding hydrogens is 277 g/mol. The SMILES string of the molecule is CCOC(=O)COC(CN)c1ccccc1Cl.Cl. The Balaban J connectivity index is 0.00000289. The molecule has 0 spiro atoms. The van der Waals surface area contributed by atoms with Crippen molar-refractivity contribution in [2.75, 3.05) is 19.8 Å². The van der Waals surface area contributed by atoms with Crippen LogP contribution in [0.25, 0.3) is 0 Å². The fraction of sp³-hybridized carbons (Fsp3) is 0.417. The van der Waals surface area contributed by atoms with Gasteiger partial charge in [0.1, 0.15) is 6.61 Å². The van der Waals surface area contributed by atoms with Gasteiger partial charge in [-0.15, -0.1) is 12.4 Å². The molecule has 4 nitrogen and oxygen atoms in total. The van der Waals surface area contributed by atoms with Gasteiger partial charge in [-0.3, -0.25) is 0 Å². The van der Waals surface area contributed by atoms with Crippen molar-refractivity contribution in [1.29, 1.82) is 0 Å². The van der Waals surface area contributed by atoms with E-state index < -0.39 is 12.1 Å². The van der Waals surface area contributed by atoms with Gasteiger partial charge in [0, 0.05) is 17.1 Å². The van der Waals surface area contributed by atoms with Gasteiger partial charge in [-0.05, 0) is 13.0 Å². The largest absolute Gasteiger partial charge is 0.464 e. The number of hydrogen-bond donors (Lipinski definition) is 1. The van der Waals surface area contributed by atoms with Crippen molar-refractivity contribution < 1.29 is 14.3 Å². The average molecular weight is 294 g/mol. The lowest BCUT2D eigenvalue weighted by molar-refractivity contribution is -0.150. The van der Waals surface area contributed by atoms with Crippen LogP contribution in [0.4, 0.5) is 0 Å². The molecule has 0 saturated heterocycles. The number of nitrogens with two attached hydrogens (primary N) is 1. The van der Waals surface area contributed by atoms with Crippen molar-refractivity contribution >= 4 is 30.0 Å². The highest BCUT2D eigenvalue weighted by atomic mass is 35.5. The summed E-state index contributed by atoms with van der Waals surface area (Å²) in [6, 6.07) is 7.25. The molecule has 0 fully saturated rings. The predicted octanol–water partition coefficient (Wildman–Crippen LogP) is 2.34. The van der Waals surface area contributed by atoms with Crippen LogP contribution in [0.15, 0.2) is 24.3 Å². The highest BCUT2D eigenvalue weighted by Gasteiger charge is 2.15. The second-order valence-corrected chi connectivity index (χ2v) is 3.77. The summed E-state index contributed by atoms with van der Waals surface area (Å²) in [4.78, 5) is 11.2. The first kappa shape index (κ1) is 17.2. The van der Waals surface area contributed by atoms with E-state index in [2.05, 4.69) is 0 Å². The fourth-order valence-corrected chi connectivity index (χ4v) is 1.65. The molecule has 2 N–H and O–H groups in total. The maximum atomic E-state index is 11.2. The Morgan fingerprint density at radius 2 is 2.11 bits per heavy atom. The Hall–Kier alpha value is -0.810. The summed E-state index contributed by atoms with van der Waals surface area (Å²) in [5, 5.41) is 0.576. The second kappa shape index (κ2) is 9.16. The van der Waals surface area contributed by atoms with Crippen LogP contribution in [0.3, 0.4) is 0 Å². The molecule has 0 heterocycles. The average Bonchev–Trinajstić information content (AvgIpc) is 2.32. The number of esters is 1. The molecule has 0 radical (unpaired) electrons. The number of halogens is 2. The summed E-state index contributed by atoms with van der Waals surface area (Å²) in [5.41, 5.74) is 6.38. The van der Waals surface area contributed by atoms with Crippen LogP contribution in [-0.4, -0.2) is 25.7 Å². The Bertz CT molecular complexity index is 374. The van der Waals surface area contributed by atoms with Crippen LogP contribution < -0.4 is 5.73 Å². The molecule has 1 atom stereocenters. The first-order valence-corrected chi connectivity index (χ1v) is 5.78. The molecule has 0 bridgehead atoms. The molecule has 1 aromatic carbocycles. The van der Waals surface area contributed by atoms with Crippen molar-refractivity contribution in [2.24, 2.45) is 5.73 Å². The van der Waals surface area contributed by atoms with Crippen LogP contribution in [-0.2, 0) is 14.3 Å². The minimum Gasteiger partial charge on any atom is -0.464 e. The molecule has 1 unspecified atom stereocenters. The zero-order chi connectivity index (χ0) is 12.7. The van der Waals surface area contributed by atoms with Gasteiger partial charge in [-0.1, -0.05) is 29.8 Å². The molecule has 102 valence electrons. The summed E-state index contributed by atoms with van der Waals surface area (Å²) in [7, 11) is 0. The van der Waals surface area contributed by atoms with Gasteiger partial charge in [-0.25, -0.2) is 4.79 Å². The maximum absolute atomic E-state index is 11.2. The third-order valence-corrected chi connectivity index (χ3v) is 2.52. The van der Waals surface area contributed by atoms with Gasteiger partial charge >= 0.3 is 5.97 Å². The van der Waals surface area contributed by atoms with Crippen LogP contribution in [0.5, 0.6) is 0 Å². The van der Waals surface area contributed by atoms with Gasteiger partial charge in [-0.2, -0.15) is 0 Å². The number of rotatable bonds is 6. The minimum atomic E-state index is -0.405. The summed E-state index contributed by atoms with van der Waals surface area (Å²) in [5.74, 6) is -0.405. The van der Waals surface area contributed by atoms with E-state index in [1.165, 1.54) is 0 Å². The van der Waals surface area contributed by atoms with E-state index >= 15 is 0 Å². The highest BCUT2D eigenvalue weighted by Crippen LogP contribution is 2.24. The molecular formula is C12H17Cl2NO3. The quantitative estimate of drug-likeness (QED) is 0.818. The van der Waals surface area contributed by atoms with E-state index in [0.29, 0.717) is 11.6 Å². The number of hydrogen-bond acceptors (Lipinski definition) is 4. The molecule has 0 aliphatic heterocycles. The van der Waals surface area contributed by atoms with Gasteiger partial charge in [0.2, 0.25) is 0 Å². The van der Waals surface area contributed by atoms with Crippen molar-refractivity contribution in [3.05, 3.63) is 34.9 Å². The molecule has 0 saturated carbocycles. The zero-order valence-electron chi connectivity index (χ0n) is 10.1. The maximum Gasteiger partial charge on any atom is 0.332 e. The Morgan fingerprint density at radius 3 is 2.67 bits per heavy atom. The van der Waals surface area contributed by atoms with Crippen LogP contribution in [0.2, 0.25) is 5.02 Å². The van der Waals surface area contributed by atoms with E-state index in [9.17, 15) is 4.79 Å². The highest BCUT2D eigenvalue weighted by molar-refractivity contribution is 6.31. The van der Waals surface area contributed by atoms with E-state index in [-0.39, 0.29) is 25.6 Å². The molecule has 6 heteroatoms. The monoisotopic (exact) mass is 293 g/mol. The lowest BCUT2D eigenvalue weighted by Gasteiger charge is -2.17. The van der Waals surface area contributed by atoms with Crippen LogP contribution in [0, 0.1) is 0 Å². The molecule has 0 amide bonds. The first-order chi connectivity index (χ1) is 8.19. The lowest BCUT2D eigenvalue weighted by atomic mass is 10.1. The molecule has 0 aromatic heterocycles. The smallest absolute Gasteiger partial charge is 0.332 e. The van der Waals surface area contributed by atoms with E-state index in [1.54, 1.807) is 13.0 Å². The van der Waals surface area contributed by atoms with E-state index in [1.807, 2.05) is 18.2 Å². The summed E-state index contributed by atoms with van der Waals surface area (Å²) in [6.07, 6.45) is -0.395. The van der Waals surface area contributed by atoms with Crippen molar-refractivity contribution in [3.63, 3.8) is 0 Å². The first-order valence-electron chi connectivity index (χ1n) is 5.40. The Labute approximate surface area is 118 Å². The minimum absolute atomic E-state index is 0. The summed E-state index contributed by atoms with van der Waals surface area (Å²) >= 11 is 6.02. The van der Waals surface area contributed by atoms with Crippen molar-refractivity contribution in [1.82, 2.24) is 0 Å². The summed E-state index contributed by atoms with van der Waals surface area (Å²) in [6.45, 7) is 2.21. The third-order valence-electron chi connectivity index (χ3n) is 2.17. The van der Waals surface area contributed by atoms with Crippen molar-refractivity contribution in [3.8, 4) is 0 Å². The van der Waals surface area contributed by atoms with Gasteiger partial charge in [0.05, 0.1) is 12.7 Å². The van der Waals surface area contributed by atoms with E-state index in [0.717, 1.165) is 5.56 Å². The topological polar surface area (TPSA) is 61.5 Å². The molecule has 1 aromatic rings. The second-order valence-electron chi connectivity index (χ2n) is 3.36. The Morgan fingerprint density at radius 1 is 1.44 bits per heavy atom. The van der Waals surface area contributed by atoms with Crippen LogP contribution in [0.1, 0.15) is 18.6 Å². The molecule has 0 aliphatic carbocycles. The van der Waals surface area contributed by atoms with E-state index in [4.69, 9.17) is 26.8 Å². The standard InChI is InChI=1S/C12H16ClNO3.ClH/c1-2-16-12(15)8-17-11(7-14)9-5-3-4-6-10(9)13;/h3-6,11H,2,7-8,14H2,1H3;1H. The summed E-state index contributed by atoms with van der Waals surface area (Å²) < 4.78 is 10.2. The predicted molar refractivity (Wildman–Crippen MR) is 73.1 cm³/mol. The van der Waals surface area contributed by atoms with Gasteiger partial charge in [0.15, 0.2) is 0 Å². The number of carbonyl (C=O) groups is 1. The number of ether oxygens (including phenoxy) is 2. The molecule has 18 heavy (non-hydrogen) atoms. The van der Waals surface area contributed by atoms with Gasteiger partial charge in [0.25, 0.3) is 0 Å². The normalized spacial score (nSPS) is 11.5. The Kier molecular flexibility index (Phi) is 8.75. The van der Waals surface area contributed by atoms with Crippen LogP contribution >= 0.6 is 24.0 Å². The number of benzene rings is 1. The lowest BCUT2D eigenvalue weighted by Crippen LogP contribution is -2.21.